The Labute approximate surface area is 352 Å². The maximum absolute atomic E-state index is 6.19. The smallest absolute Gasteiger partial charge is 0.227 e. The topological polar surface area (TPSA) is 34.2 Å². The van der Waals surface area contributed by atoms with Crippen LogP contribution in [0.2, 0.25) is 0 Å². The van der Waals surface area contributed by atoms with Gasteiger partial charge in [-0.25, -0.2) is 4.98 Å². The lowest BCUT2D eigenvalue weighted by atomic mass is 9.97. The molecule has 0 aliphatic heterocycles. The molecule has 2 aromatic heterocycles. The van der Waals surface area contributed by atoms with E-state index < -0.39 is 0 Å². The van der Waals surface area contributed by atoms with E-state index in [9.17, 15) is 0 Å². The van der Waals surface area contributed by atoms with E-state index in [0.717, 1.165) is 55.9 Å². The number of hydrogen-bond donors (Lipinski definition) is 0. The number of aromatic nitrogens is 2. The van der Waals surface area contributed by atoms with Gasteiger partial charge in [-0.2, -0.15) is 0 Å². The molecule has 0 bridgehead atoms. The standard InChI is InChI=1S/C57H37N3O/c1-3-15-40(16-4-1)57-58-52-37-42(30-35-55(52)61-57)41-18-11-21-45(36-41)59(44-31-28-39(29-32-44)47-24-12-17-38-14-7-8-22-46(38)47)53-27-13-25-50-49(53)33-34-51-48-23-9-10-26-54(48)60(56(50)51)43-19-5-2-6-20-43/h1-37H. The summed E-state index contributed by atoms with van der Waals surface area (Å²) in [6, 6.07) is 80.1. The molecule has 0 aliphatic carbocycles. The van der Waals surface area contributed by atoms with Gasteiger partial charge in [-0.15, -0.1) is 0 Å². The highest BCUT2D eigenvalue weighted by Crippen LogP contribution is 2.45. The van der Waals surface area contributed by atoms with Gasteiger partial charge in [0.05, 0.1) is 16.7 Å². The zero-order valence-corrected chi connectivity index (χ0v) is 33.1. The van der Waals surface area contributed by atoms with Crippen molar-refractivity contribution in [3.05, 3.63) is 224 Å². The van der Waals surface area contributed by atoms with E-state index in [-0.39, 0.29) is 0 Å². The van der Waals surface area contributed by atoms with Crippen LogP contribution in [0.4, 0.5) is 17.1 Å². The number of hydrogen-bond acceptors (Lipinski definition) is 3. The first-order valence-corrected chi connectivity index (χ1v) is 20.7. The molecule has 0 N–H and O–H groups in total. The first-order chi connectivity index (χ1) is 30.2. The molecule has 0 spiro atoms. The van der Waals surface area contributed by atoms with Crippen LogP contribution in [0.1, 0.15) is 0 Å². The number of fused-ring (bicyclic) bond motifs is 7. The second-order valence-electron chi connectivity index (χ2n) is 15.5. The molecule has 12 aromatic rings. The van der Waals surface area contributed by atoms with Crippen LogP contribution >= 0.6 is 0 Å². The van der Waals surface area contributed by atoms with Crippen LogP contribution < -0.4 is 4.90 Å². The molecule has 10 aromatic carbocycles. The Morgan fingerprint density at radius 1 is 0.410 bits per heavy atom. The number of anilines is 3. The predicted octanol–water partition coefficient (Wildman–Crippen LogP) is 15.7. The summed E-state index contributed by atoms with van der Waals surface area (Å²) >= 11 is 0. The monoisotopic (exact) mass is 779 g/mol. The predicted molar refractivity (Wildman–Crippen MR) is 254 cm³/mol. The largest absolute Gasteiger partial charge is 0.436 e. The Morgan fingerprint density at radius 3 is 1.92 bits per heavy atom. The summed E-state index contributed by atoms with van der Waals surface area (Å²) in [4.78, 5) is 7.30. The van der Waals surface area contributed by atoms with Crippen molar-refractivity contribution in [3.63, 3.8) is 0 Å². The van der Waals surface area contributed by atoms with Crippen molar-refractivity contribution in [3.8, 4) is 39.4 Å². The summed E-state index contributed by atoms with van der Waals surface area (Å²) in [6.45, 7) is 0. The summed E-state index contributed by atoms with van der Waals surface area (Å²) in [5.41, 5.74) is 13.9. The van der Waals surface area contributed by atoms with Gasteiger partial charge in [0.1, 0.15) is 5.52 Å². The van der Waals surface area contributed by atoms with Crippen LogP contribution in [0.25, 0.3) is 93.8 Å². The first kappa shape index (κ1) is 34.8. The molecule has 12 rings (SSSR count). The Hall–Kier alpha value is -8.21. The van der Waals surface area contributed by atoms with Crippen LogP contribution in [0.15, 0.2) is 229 Å². The van der Waals surface area contributed by atoms with Crippen molar-refractivity contribution < 1.29 is 4.42 Å². The maximum atomic E-state index is 6.19. The van der Waals surface area contributed by atoms with Crippen molar-refractivity contribution in [2.75, 3.05) is 4.90 Å². The summed E-state index contributed by atoms with van der Waals surface area (Å²) in [6.07, 6.45) is 0. The normalized spacial score (nSPS) is 11.6. The molecule has 0 unspecified atom stereocenters. The molecular weight excluding hydrogens is 743 g/mol. The number of benzene rings is 10. The lowest BCUT2D eigenvalue weighted by Gasteiger charge is -2.28. The molecule has 61 heavy (non-hydrogen) atoms. The first-order valence-electron chi connectivity index (χ1n) is 20.7. The highest BCUT2D eigenvalue weighted by molar-refractivity contribution is 6.21. The molecule has 2 heterocycles. The van der Waals surface area contributed by atoms with E-state index in [4.69, 9.17) is 9.40 Å². The highest BCUT2D eigenvalue weighted by Gasteiger charge is 2.21. The SMILES string of the molecule is c1ccc(-c2nc3cc(-c4cccc(N(c5ccc(-c6cccc7ccccc67)cc5)c5cccc6c5ccc5c7ccccc7n(-c7ccccc7)c65)c4)ccc3o2)cc1. The quantitative estimate of drug-likeness (QED) is 0.162. The second-order valence-corrected chi connectivity index (χ2v) is 15.5. The third kappa shape index (κ3) is 5.88. The lowest BCUT2D eigenvalue weighted by molar-refractivity contribution is 0.620. The van der Waals surface area contributed by atoms with Gasteiger partial charge in [-0.1, -0.05) is 152 Å². The molecule has 0 aliphatic rings. The fourth-order valence-electron chi connectivity index (χ4n) is 9.17. The summed E-state index contributed by atoms with van der Waals surface area (Å²) < 4.78 is 8.61. The number of oxazole rings is 1. The second kappa shape index (κ2) is 14.3. The number of rotatable bonds is 7. The molecule has 4 heteroatoms. The molecule has 0 saturated heterocycles. The molecular formula is C57H37N3O. The number of para-hydroxylation sites is 2. The van der Waals surface area contributed by atoms with E-state index in [1.165, 1.54) is 49.1 Å². The zero-order chi connectivity index (χ0) is 40.3. The molecule has 0 radical (unpaired) electrons. The Morgan fingerprint density at radius 2 is 1.05 bits per heavy atom. The van der Waals surface area contributed by atoms with E-state index in [1.54, 1.807) is 0 Å². The average molecular weight is 780 g/mol. The third-order valence-electron chi connectivity index (χ3n) is 12.0. The molecule has 0 fully saturated rings. The van der Waals surface area contributed by atoms with Crippen molar-refractivity contribution in [1.82, 2.24) is 9.55 Å². The Bertz CT molecular complexity index is 3580. The third-order valence-corrected chi connectivity index (χ3v) is 12.0. The van der Waals surface area contributed by atoms with Gasteiger partial charge in [0.2, 0.25) is 5.89 Å². The van der Waals surface area contributed by atoms with Crippen molar-refractivity contribution in [1.29, 1.82) is 0 Å². The van der Waals surface area contributed by atoms with E-state index >= 15 is 0 Å². The van der Waals surface area contributed by atoms with Crippen LogP contribution in [-0.4, -0.2) is 9.55 Å². The van der Waals surface area contributed by atoms with Gasteiger partial charge in [-0.05, 0) is 106 Å². The van der Waals surface area contributed by atoms with Gasteiger partial charge in [-0.3, -0.25) is 0 Å². The van der Waals surface area contributed by atoms with E-state index in [2.05, 4.69) is 198 Å². The van der Waals surface area contributed by atoms with E-state index in [0.29, 0.717) is 5.89 Å². The van der Waals surface area contributed by atoms with Gasteiger partial charge in [0, 0.05) is 44.2 Å². The minimum Gasteiger partial charge on any atom is -0.436 e. The highest BCUT2D eigenvalue weighted by atomic mass is 16.3. The summed E-state index contributed by atoms with van der Waals surface area (Å²) in [7, 11) is 0. The Balaban J connectivity index is 1.05. The van der Waals surface area contributed by atoms with Crippen molar-refractivity contribution in [2.45, 2.75) is 0 Å². The maximum Gasteiger partial charge on any atom is 0.227 e. The molecule has 286 valence electrons. The molecule has 4 nitrogen and oxygen atoms in total. The molecule has 0 amide bonds. The van der Waals surface area contributed by atoms with Crippen molar-refractivity contribution >= 4 is 71.5 Å². The molecule has 0 atom stereocenters. The van der Waals surface area contributed by atoms with Gasteiger partial charge in [0.25, 0.3) is 0 Å². The van der Waals surface area contributed by atoms with Crippen molar-refractivity contribution in [2.24, 2.45) is 0 Å². The van der Waals surface area contributed by atoms with Gasteiger partial charge in [0.15, 0.2) is 5.58 Å². The summed E-state index contributed by atoms with van der Waals surface area (Å²) in [5.74, 6) is 0.621. The minimum absolute atomic E-state index is 0.621. The Kier molecular flexibility index (Phi) is 8.13. The van der Waals surface area contributed by atoms with E-state index in [1.807, 2.05) is 36.4 Å². The summed E-state index contributed by atoms with van der Waals surface area (Å²) in [5, 5.41) is 7.30. The van der Waals surface area contributed by atoms with Crippen LogP contribution in [0.5, 0.6) is 0 Å². The lowest BCUT2D eigenvalue weighted by Crippen LogP contribution is -2.10. The fourth-order valence-corrected chi connectivity index (χ4v) is 9.17. The van der Waals surface area contributed by atoms with Crippen LogP contribution in [-0.2, 0) is 0 Å². The fraction of sp³-hybridized carbons (Fsp3) is 0. The molecule has 0 saturated carbocycles. The van der Waals surface area contributed by atoms with Gasteiger partial charge < -0.3 is 13.9 Å². The van der Waals surface area contributed by atoms with Gasteiger partial charge >= 0.3 is 0 Å². The number of nitrogens with zero attached hydrogens (tertiary/aromatic N) is 3. The van der Waals surface area contributed by atoms with Crippen LogP contribution in [0, 0.1) is 0 Å². The van der Waals surface area contributed by atoms with Crippen LogP contribution in [0.3, 0.4) is 0 Å². The zero-order valence-electron chi connectivity index (χ0n) is 33.1. The minimum atomic E-state index is 0.621. The average Bonchev–Trinajstić information content (AvgIpc) is 3.92.